The quantitative estimate of drug-likeness (QED) is 0.249. The predicted molar refractivity (Wildman–Crippen MR) is 138 cm³/mol. The summed E-state index contributed by atoms with van der Waals surface area (Å²) in [5, 5.41) is 10.5. The number of benzene rings is 1. The van der Waals surface area contributed by atoms with E-state index in [2.05, 4.69) is 6.92 Å². The Morgan fingerprint density at radius 3 is 2.59 bits per heavy atom. The van der Waals surface area contributed by atoms with Crippen LogP contribution < -0.4 is 4.90 Å². The summed E-state index contributed by atoms with van der Waals surface area (Å²) >= 11 is 1.50. The third-order valence-corrected chi connectivity index (χ3v) is 7.50. The van der Waals surface area contributed by atoms with Crippen molar-refractivity contribution in [1.82, 2.24) is 0 Å². The SMILES string of the molecule is CCCCCC[C@H](O)c1ccc(N2C(=O)CCC2CCCc2ccc(C(=O)OC(C)C)s2)cc1. The van der Waals surface area contributed by atoms with Crippen LogP contribution in [0.3, 0.4) is 0 Å². The van der Waals surface area contributed by atoms with Crippen molar-refractivity contribution in [3.05, 3.63) is 51.7 Å². The van der Waals surface area contributed by atoms with Crippen molar-refractivity contribution in [1.29, 1.82) is 0 Å². The van der Waals surface area contributed by atoms with E-state index in [1.54, 1.807) is 0 Å². The van der Waals surface area contributed by atoms with Crippen LogP contribution in [0.5, 0.6) is 0 Å². The van der Waals surface area contributed by atoms with E-state index in [1.807, 2.05) is 55.1 Å². The minimum atomic E-state index is -0.440. The molecule has 1 amide bonds. The summed E-state index contributed by atoms with van der Waals surface area (Å²) in [4.78, 5) is 28.5. The van der Waals surface area contributed by atoms with Crippen molar-refractivity contribution in [2.24, 2.45) is 0 Å². The molecular formula is C28H39NO4S. The Balaban J connectivity index is 1.52. The summed E-state index contributed by atoms with van der Waals surface area (Å²) in [6, 6.07) is 11.9. The first-order chi connectivity index (χ1) is 16.4. The van der Waals surface area contributed by atoms with Crippen LogP contribution in [0.15, 0.2) is 36.4 Å². The topological polar surface area (TPSA) is 66.8 Å². The first kappa shape index (κ1) is 26.4. The monoisotopic (exact) mass is 485 g/mol. The Hall–Kier alpha value is -2.18. The number of thiophene rings is 1. The van der Waals surface area contributed by atoms with Crippen LogP contribution in [0.1, 0.15) is 105 Å². The molecule has 1 fully saturated rings. The fourth-order valence-electron chi connectivity index (χ4n) is 4.57. The minimum absolute atomic E-state index is 0.118. The van der Waals surface area contributed by atoms with Crippen molar-refractivity contribution < 1.29 is 19.4 Å². The molecule has 3 rings (SSSR count). The van der Waals surface area contributed by atoms with Crippen LogP contribution in [0, 0.1) is 0 Å². The number of nitrogens with zero attached hydrogens (tertiary/aromatic N) is 1. The molecule has 186 valence electrons. The third kappa shape index (κ3) is 7.41. The number of esters is 1. The molecule has 1 aromatic heterocycles. The number of anilines is 1. The number of hydrogen-bond donors (Lipinski definition) is 1. The highest BCUT2D eigenvalue weighted by Gasteiger charge is 2.31. The Kier molecular flexibility index (Phi) is 10.1. The van der Waals surface area contributed by atoms with Crippen LogP contribution in [0.2, 0.25) is 0 Å². The smallest absolute Gasteiger partial charge is 0.348 e. The van der Waals surface area contributed by atoms with Gasteiger partial charge in [-0.2, -0.15) is 0 Å². The maximum Gasteiger partial charge on any atom is 0.348 e. The highest BCUT2D eigenvalue weighted by atomic mass is 32.1. The molecule has 1 aliphatic rings. The summed E-state index contributed by atoms with van der Waals surface area (Å²) in [6.45, 7) is 5.89. The largest absolute Gasteiger partial charge is 0.459 e. The van der Waals surface area contributed by atoms with Gasteiger partial charge in [0.1, 0.15) is 4.88 Å². The lowest BCUT2D eigenvalue weighted by Crippen LogP contribution is -2.32. The van der Waals surface area contributed by atoms with Crippen molar-refractivity contribution in [2.75, 3.05) is 4.90 Å². The second-order valence-electron chi connectivity index (χ2n) is 9.53. The molecular weight excluding hydrogens is 446 g/mol. The molecule has 2 aromatic rings. The lowest BCUT2D eigenvalue weighted by Gasteiger charge is -2.25. The number of aryl methyl sites for hydroxylation is 1. The van der Waals surface area contributed by atoms with Crippen LogP contribution in [0.25, 0.3) is 0 Å². The van der Waals surface area contributed by atoms with Gasteiger partial charge in [-0.1, -0.05) is 44.7 Å². The number of rotatable bonds is 13. The van der Waals surface area contributed by atoms with Crippen molar-refractivity contribution in [2.45, 2.75) is 103 Å². The Bertz CT molecular complexity index is 921. The molecule has 6 heteroatoms. The van der Waals surface area contributed by atoms with Gasteiger partial charge >= 0.3 is 5.97 Å². The first-order valence-electron chi connectivity index (χ1n) is 12.8. The van der Waals surface area contributed by atoms with Crippen molar-refractivity contribution in [3.8, 4) is 0 Å². The number of ether oxygens (including phenoxy) is 1. The van der Waals surface area contributed by atoms with Gasteiger partial charge in [-0.25, -0.2) is 4.79 Å². The van der Waals surface area contributed by atoms with E-state index >= 15 is 0 Å². The molecule has 0 bridgehead atoms. The van der Waals surface area contributed by atoms with Crippen LogP contribution in [-0.4, -0.2) is 29.1 Å². The standard InChI is InChI=1S/C28H39NO4S/c1-4-5-6-7-11-25(30)21-12-14-23(15-13-21)29-22(16-19-27(29)31)9-8-10-24-17-18-26(34-24)28(32)33-20(2)3/h12-15,17-18,20,22,25,30H,4-11,16,19H2,1-3H3/t22?,25-/m0/s1. The van der Waals surface area contributed by atoms with Crippen LogP contribution in [-0.2, 0) is 16.0 Å². The lowest BCUT2D eigenvalue weighted by atomic mass is 10.0. The molecule has 0 radical (unpaired) electrons. The van der Waals surface area contributed by atoms with E-state index in [1.165, 1.54) is 29.1 Å². The number of amides is 1. The molecule has 5 nitrogen and oxygen atoms in total. The predicted octanol–water partition coefficient (Wildman–Crippen LogP) is 6.84. The van der Waals surface area contributed by atoms with Crippen molar-refractivity contribution >= 4 is 28.9 Å². The van der Waals surface area contributed by atoms with E-state index < -0.39 is 6.10 Å². The summed E-state index contributed by atoms with van der Waals surface area (Å²) in [5.41, 5.74) is 1.84. The second-order valence-corrected chi connectivity index (χ2v) is 10.7. The van der Waals surface area contributed by atoms with Gasteiger partial charge in [-0.3, -0.25) is 4.79 Å². The molecule has 1 N–H and O–H groups in total. The number of hydrogen-bond acceptors (Lipinski definition) is 5. The summed E-state index contributed by atoms with van der Waals surface area (Å²) in [6.07, 6.45) is 9.05. The van der Waals surface area contributed by atoms with E-state index in [0.29, 0.717) is 11.3 Å². The summed E-state index contributed by atoms with van der Waals surface area (Å²) < 4.78 is 5.27. The van der Waals surface area contributed by atoms with Gasteiger partial charge < -0.3 is 14.7 Å². The molecule has 2 atom stereocenters. The Labute approximate surface area is 208 Å². The fourth-order valence-corrected chi connectivity index (χ4v) is 5.50. The molecule has 0 spiro atoms. The zero-order valence-corrected chi connectivity index (χ0v) is 21.6. The number of carbonyl (C=O) groups excluding carboxylic acids is 2. The fraction of sp³-hybridized carbons (Fsp3) is 0.571. The van der Waals surface area contributed by atoms with E-state index in [9.17, 15) is 14.7 Å². The van der Waals surface area contributed by atoms with E-state index in [-0.39, 0.29) is 24.0 Å². The van der Waals surface area contributed by atoms with Gasteiger partial charge in [0.2, 0.25) is 5.91 Å². The van der Waals surface area contributed by atoms with Crippen LogP contribution in [0.4, 0.5) is 5.69 Å². The number of carbonyl (C=O) groups is 2. The van der Waals surface area contributed by atoms with Gasteiger partial charge in [-0.05, 0) is 75.8 Å². The average molecular weight is 486 g/mol. The minimum Gasteiger partial charge on any atom is -0.459 e. The highest BCUT2D eigenvalue weighted by Crippen LogP contribution is 2.31. The van der Waals surface area contributed by atoms with Crippen molar-refractivity contribution in [3.63, 3.8) is 0 Å². The van der Waals surface area contributed by atoms with E-state index in [4.69, 9.17) is 4.74 Å². The zero-order chi connectivity index (χ0) is 24.5. The maximum atomic E-state index is 12.6. The summed E-state index contributed by atoms with van der Waals surface area (Å²) in [5.74, 6) is -0.0824. The van der Waals surface area contributed by atoms with Gasteiger partial charge in [-0.15, -0.1) is 11.3 Å². The molecule has 1 saturated heterocycles. The molecule has 1 aliphatic heterocycles. The molecule has 1 unspecified atom stereocenters. The van der Waals surface area contributed by atoms with Gasteiger partial charge in [0, 0.05) is 23.0 Å². The average Bonchev–Trinajstić information content (AvgIpc) is 3.43. The molecule has 0 aliphatic carbocycles. The molecule has 2 heterocycles. The number of aliphatic hydroxyl groups is 1. The Morgan fingerprint density at radius 1 is 1.12 bits per heavy atom. The highest BCUT2D eigenvalue weighted by molar-refractivity contribution is 7.13. The van der Waals surface area contributed by atoms with Gasteiger partial charge in [0.05, 0.1) is 12.2 Å². The lowest BCUT2D eigenvalue weighted by molar-refractivity contribution is -0.117. The third-order valence-electron chi connectivity index (χ3n) is 6.38. The normalized spacial score (nSPS) is 16.9. The number of unbranched alkanes of at least 4 members (excludes halogenated alkanes) is 3. The molecule has 34 heavy (non-hydrogen) atoms. The van der Waals surface area contributed by atoms with Gasteiger partial charge in [0.25, 0.3) is 0 Å². The zero-order valence-electron chi connectivity index (χ0n) is 20.8. The number of aliphatic hydroxyl groups excluding tert-OH is 1. The maximum absolute atomic E-state index is 12.6. The van der Waals surface area contributed by atoms with Crippen LogP contribution >= 0.6 is 11.3 Å². The Morgan fingerprint density at radius 2 is 1.88 bits per heavy atom. The van der Waals surface area contributed by atoms with E-state index in [0.717, 1.165) is 56.2 Å². The first-order valence-corrected chi connectivity index (χ1v) is 13.6. The van der Waals surface area contributed by atoms with Gasteiger partial charge in [0.15, 0.2) is 0 Å². The second kappa shape index (κ2) is 13.1. The molecule has 1 aromatic carbocycles. The molecule has 0 saturated carbocycles. The summed E-state index contributed by atoms with van der Waals surface area (Å²) in [7, 11) is 0.